The highest BCUT2D eigenvalue weighted by molar-refractivity contribution is 5.81. The lowest BCUT2D eigenvalue weighted by atomic mass is 9.96. The molecule has 1 amide bonds. The third-order valence-corrected chi connectivity index (χ3v) is 4.60. The second-order valence-electron chi connectivity index (χ2n) is 6.25. The smallest absolute Gasteiger partial charge is 0.336 e. The minimum absolute atomic E-state index is 0.0960. The summed E-state index contributed by atoms with van der Waals surface area (Å²) in [5.41, 5.74) is 7.90. The Morgan fingerprint density at radius 1 is 1.39 bits per heavy atom. The van der Waals surface area contributed by atoms with E-state index in [0.29, 0.717) is 18.7 Å². The molecular weight excluding hydrogens is 292 g/mol. The molecule has 2 aromatic rings. The molecule has 3 rings (SSSR count). The van der Waals surface area contributed by atoms with Crippen molar-refractivity contribution in [3.8, 4) is 0 Å². The number of carbonyl (C=O) groups excluding carboxylic acids is 1. The van der Waals surface area contributed by atoms with Gasteiger partial charge in [0.25, 0.3) is 0 Å². The van der Waals surface area contributed by atoms with E-state index in [-0.39, 0.29) is 17.5 Å². The maximum Gasteiger partial charge on any atom is 0.336 e. The van der Waals surface area contributed by atoms with E-state index in [0.717, 1.165) is 36.8 Å². The van der Waals surface area contributed by atoms with Crippen LogP contribution in [-0.2, 0) is 17.8 Å². The molecule has 1 fully saturated rings. The first-order valence-electron chi connectivity index (χ1n) is 8.14. The molecular formula is C18H22N2O3. The van der Waals surface area contributed by atoms with Crippen molar-refractivity contribution in [3.63, 3.8) is 0 Å². The van der Waals surface area contributed by atoms with Crippen LogP contribution >= 0.6 is 0 Å². The number of piperidine rings is 1. The maximum absolute atomic E-state index is 11.8. The Kier molecular flexibility index (Phi) is 4.48. The lowest BCUT2D eigenvalue weighted by molar-refractivity contribution is -0.123. The largest absolute Gasteiger partial charge is 0.423 e. The number of hydrogen-bond acceptors (Lipinski definition) is 4. The van der Waals surface area contributed by atoms with Crippen molar-refractivity contribution >= 4 is 16.9 Å². The molecule has 0 saturated carbocycles. The minimum Gasteiger partial charge on any atom is -0.423 e. The molecule has 0 bridgehead atoms. The third-order valence-electron chi connectivity index (χ3n) is 4.60. The van der Waals surface area contributed by atoms with Crippen LogP contribution in [0.2, 0.25) is 0 Å². The van der Waals surface area contributed by atoms with Gasteiger partial charge in [-0.05, 0) is 49.1 Å². The predicted molar refractivity (Wildman–Crippen MR) is 89.1 cm³/mol. The van der Waals surface area contributed by atoms with E-state index in [4.69, 9.17) is 10.2 Å². The first-order valence-corrected chi connectivity index (χ1v) is 8.14. The van der Waals surface area contributed by atoms with Crippen molar-refractivity contribution in [2.24, 2.45) is 11.7 Å². The quantitative estimate of drug-likeness (QED) is 0.876. The van der Waals surface area contributed by atoms with Crippen molar-refractivity contribution in [1.82, 2.24) is 4.90 Å². The summed E-state index contributed by atoms with van der Waals surface area (Å²) in [5.74, 6) is -0.332. The number of rotatable bonds is 4. The second-order valence-corrected chi connectivity index (χ2v) is 6.25. The van der Waals surface area contributed by atoms with Crippen LogP contribution in [-0.4, -0.2) is 23.9 Å². The number of likely N-dealkylation sites (tertiary alicyclic amines) is 1. The van der Waals surface area contributed by atoms with Crippen LogP contribution in [0.4, 0.5) is 0 Å². The molecule has 1 saturated heterocycles. The summed E-state index contributed by atoms with van der Waals surface area (Å²) in [5, 5.41) is 0.977. The average molecular weight is 314 g/mol. The molecule has 1 atom stereocenters. The van der Waals surface area contributed by atoms with Gasteiger partial charge in [0, 0.05) is 24.5 Å². The Balaban J connectivity index is 1.92. The fraction of sp³-hybridized carbons (Fsp3) is 0.444. The van der Waals surface area contributed by atoms with Gasteiger partial charge in [0.05, 0.1) is 5.92 Å². The van der Waals surface area contributed by atoms with Crippen molar-refractivity contribution in [1.29, 1.82) is 0 Å². The molecule has 1 aromatic carbocycles. The van der Waals surface area contributed by atoms with Crippen LogP contribution in [0.15, 0.2) is 33.5 Å². The summed E-state index contributed by atoms with van der Waals surface area (Å²) in [6.45, 7) is 4.31. The van der Waals surface area contributed by atoms with Gasteiger partial charge in [0.2, 0.25) is 5.91 Å². The Morgan fingerprint density at radius 3 is 2.96 bits per heavy atom. The molecule has 2 N–H and O–H groups in total. The molecule has 5 nitrogen and oxygen atoms in total. The van der Waals surface area contributed by atoms with Gasteiger partial charge >= 0.3 is 5.63 Å². The van der Waals surface area contributed by atoms with Gasteiger partial charge in [-0.25, -0.2) is 4.79 Å². The Labute approximate surface area is 135 Å². The lowest BCUT2D eigenvalue weighted by Crippen LogP contribution is -2.40. The molecule has 0 radical (unpaired) electrons. The van der Waals surface area contributed by atoms with E-state index < -0.39 is 0 Å². The summed E-state index contributed by atoms with van der Waals surface area (Å²) in [6, 6.07) is 7.50. The van der Waals surface area contributed by atoms with Crippen molar-refractivity contribution in [3.05, 3.63) is 45.8 Å². The fourth-order valence-corrected chi connectivity index (χ4v) is 3.30. The molecule has 0 unspecified atom stereocenters. The Morgan fingerprint density at radius 2 is 2.22 bits per heavy atom. The molecule has 5 heteroatoms. The average Bonchev–Trinajstić information content (AvgIpc) is 2.54. The number of fused-ring (bicyclic) bond motifs is 1. The third kappa shape index (κ3) is 3.45. The van der Waals surface area contributed by atoms with Gasteiger partial charge in [-0.3, -0.25) is 9.69 Å². The monoisotopic (exact) mass is 314 g/mol. The van der Waals surface area contributed by atoms with Crippen LogP contribution in [0.25, 0.3) is 11.0 Å². The second kappa shape index (κ2) is 6.54. The topological polar surface area (TPSA) is 76.5 Å². The SMILES string of the molecule is CCc1ccc2oc(=O)cc(CN3CCC[C@@H](C(N)=O)C3)c2c1. The zero-order valence-corrected chi connectivity index (χ0v) is 13.4. The van der Waals surface area contributed by atoms with Gasteiger partial charge in [0.15, 0.2) is 0 Å². The van der Waals surface area contributed by atoms with Gasteiger partial charge in [-0.2, -0.15) is 0 Å². The van der Waals surface area contributed by atoms with Gasteiger partial charge in [-0.15, -0.1) is 0 Å². The molecule has 1 aliphatic rings. The predicted octanol–water partition coefficient (Wildman–Crippen LogP) is 2.05. The lowest BCUT2D eigenvalue weighted by Gasteiger charge is -2.31. The number of carbonyl (C=O) groups is 1. The Bertz CT molecular complexity index is 781. The maximum atomic E-state index is 11.8. The van der Waals surface area contributed by atoms with Crippen molar-refractivity contribution in [2.45, 2.75) is 32.7 Å². The highest BCUT2D eigenvalue weighted by atomic mass is 16.4. The van der Waals surface area contributed by atoms with Crippen LogP contribution < -0.4 is 11.4 Å². The molecule has 122 valence electrons. The number of aryl methyl sites for hydroxylation is 1. The molecule has 1 aromatic heterocycles. The highest BCUT2D eigenvalue weighted by Crippen LogP contribution is 2.23. The summed E-state index contributed by atoms with van der Waals surface area (Å²) < 4.78 is 5.30. The number of hydrogen-bond donors (Lipinski definition) is 1. The Hall–Kier alpha value is -2.14. The first kappa shape index (κ1) is 15.7. The van der Waals surface area contributed by atoms with Crippen LogP contribution in [0.5, 0.6) is 0 Å². The number of amides is 1. The van der Waals surface area contributed by atoms with E-state index in [2.05, 4.69) is 17.9 Å². The molecule has 2 heterocycles. The van der Waals surface area contributed by atoms with Gasteiger partial charge in [-0.1, -0.05) is 13.0 Å². The number of primary amides is 1. The first-order chi connectivity index (χ1) is 11.1. The summed E-state index contributed by atoms with van der Waals surface area (Å²) in [6.07, 6.45) is 2.73. The molecule has 0 aliphatic carbocycles. The summed E-state index contributed by atoms with van der Waals surface area (Å²) in [4.78, 5) is 25.4. The van der Waals surface area contributed by atoms with Crippen molar-refractivity contribution in [2.75, 3.05) is 13.1 Å². The van der Waals surface area contributed by atoms with Crippen LogP contribution in [0.3, 0.4) is 0 Å². The number of nitrogens with zero attached hydrogens (tertiary/aromatic N) is 1. The van der Waals surface area contributed by atoms with E-state index in [1.807, 2.05) is 12.1 Å². The summed E-state index contributed by atoms with van der Waals surface area (Å²) >= 11 is 0. The minimum atomic E-state index is -0.333. The standard InChI is InChI=1S/C18H22N2O3/c1-2-12-5-6-16-15(8-12)14(9-17(21)23-16)11-20-7-3-4-13(10-20)18(19)22/h5-6,8-9,13H,2-4,7,10-11H2,1H3,(H2,19,22)/t13-/m1/s1. The van der Waals surface area contributed by atoms with Gasteiger partial charge in [0.1, 0.15) is 5.58 Å². The van der Waals surface area contributed by atoms with Crippen LogP contribution in [0, 0.1) is 5.92 Å². The highest BCUT2D eigenvalue weighted by Gasteiger charge is 2.24. The number of benzene rings is 1. The van der Waals surface area contributed by atoms with Crippen molar-refractivity contribution < 1.29 is 9.21 Å². The molecule has 1 aliphatic heterocycles. The van der Waals surface area contributed by atoms with Crippen LogP contribution in [0.1, 0.15) is 30.9 Å². The molecule has 0 spiro atoms. The van der Waals surface area contributed by atoms with E-state index in [9.17, 15) is 9.59 Å². The van der Waals surface area contributed by atoms with Gasteiger partial charge < -0.3 is 10.2 Å². The fourth-order valence-electron chi connectivity index (χ4n) is 3.30. The van der Waals surface area contributed by atoms with E-state index in [1.165, 1.54) is 5.56 Å². The zero-order chi connectivity index (χ0) is 16.4. The number of nitrogens with two attached hydrogens (primary N) is 1. The molecule has 23 heavy (non-hydrogen) atoms. The zero-order valence-electron chi connectivity index (χ0n) is 13.4. The normalized spacial score (nSPS) is 19.1. The van der Waals surface area contributed by atoms with E-state index >= 15 is 0 Å². The van der Waals surface area contributed by atoms with E-state index in [1.54, 1.807) is 6.07 Å². The summed E-state index contributed by atoms with van der Waals surface area (Å²) in [7, 11) is 0.